The van der Waals surface area contributed by atoms with Gasteiger partial charge in [-0.2, -0.15) is 0 Å². The first-order valence-corrected chi connectivity index (χ1v) is 16.0. The van der Waals surface area contributed by atoms with Crippen molar-refractivity contribution in [3.63, 3.8) is 0 Å². The van der Waals surface area contributed by atoms with Crippen LogP contribution in [0.25, 0.3) is 11.4 Å². The average Bonchev–Trinajstić information content (AvgIpc) is 2.79. The lowest BCUT2D eigenvalue weighted by Crippen LogP contribution is -2.24. The van der Waals surface area contributed by atoms with E-state index >= 15 is 0 Å². The third kappa shape index (κ3) is 11.1. The van der Waals surface area contributed by atoms with Crippen LogP contribution in [0.2, 0.25) is 25.7 Å². The quantitative estimate of drug-likeness (QED) is 0.183. The number of aromatic nitrogens is 2. The van der Waals surface area contributed by atoms with Crippen LogP contribution in [0, 0.1) is 0 Å². The molecule has 2 atom stereocenters. The summed E-state index contributed by atoms with van der Waals surface area (Å²) >= 11 is 0. The Kier molecular flexibility index (Phi) is 11.8. The average molecular weight is 479 g/mol. The lowest BCUT2D eigenvalue weighted by molar-refractivity contribution is 0.103. The Morgan fingerprint density at radius 3 is 2.09 bits per heavy atom. The minimum absolute atomic E-state index is 0.208. The van der Waals surface area contributed by atoms with Crippen LogP contribution in [-0.4, -0.2) is 43.6 Å². The summed E-state index contributed by atoms with van der Waals surface area (Å²) in [6.45, 7) is 9.51. The zero-order valence-electron chi connectivity index (χ0n) is 20.7. The number of benzene rings is 1. The molecule has 0 saturated carbocycles. The molecule has 0 N–H and O–H groups in total. The maximum absolute atomic E-state index is 13.7. The molecule has 0 spiro atoms. The van der Waals surface area contributed by atoms with Crippen molar-refractivity contribution < 1.29 is 18.3 Å². The molecule has 0 radical (unpaired) electrons. The molecule has 0 amide bonds. The fourth-order valence-electron chi connectivity index (χ4n) is 3.45. The highest BCUT2D eigenvalue weighted by Crippen LogP contribution is 2.22. The van der Waals surface area contributed by atoms with Crippen LogP contribution in [-0.2, 0) is 0 Å². The van der Waals surface area contributed by atoms with Crippen molar-refractivity contribution in [1.82, 2.24) is 9.97 Å². The van der Waals surface area contributed by atoms with Gasteiger partial charge in [0.05, 0.1) is 19.0 Å². The maximum Gasteiger partial charge on any atom is 0.165 e. The summed E-state index contributed by atoms with van der Waals surface area (Å²) < 4.78 is 38.4. The van der Waals surface area contributed by atoms with E-state index in [0.717, 1.165) is 12.0 Å². The molecule has 0 unspecified atom stereocenters. The second-order valence-corrected chi connectivity index (χ2v) is 15.4. The number of hydrogen-bond acceptors (Lipinski definition) is 4. The second kappa shape index (κ2) is 14.3. The summed E-state index contributed by atoms with van der Waals surface area (Å²) in [4.78, 5) is 8.75. The van der Waals surface area contributed by atoms with Gasteiger partial charge in [-0.1, -0.05) is 64.7 Å². The van der Waals surface area contributed by atoms with Crippen molar-refractivity contribution in [3.05, 3.63) is 36.7 Å². The van der Waals surface area contributed by atoms with Gasteiger partial charge in [0.1, 0.15) is 18.5 Å². The van der Waals surface area contributed by atoms with Crippen molar-refractivity contribution in [1.29, 1.82) is 0 Å². The number of unbranched alkanes of at least 4 members (excludes halogenated alkanes) is 4. The fraction of sp³-hybridized carbons (Fsp3) is 0.615. The molecule has 0 bridgehead atoms. The van der Waals surface area contributed by atoms with Crippen molar-refractivity contribution >= 4 is 8.07 Å². The molecule has 33 heavy (non-hydrogen) atoms. The van der Waals surface area contributed by atoms with Crippen molar-refractivity contribution in [2.75, 3.05) is 13.2 Å². The number of alkyl halides is 2. The number of rotatable bonds is 16. The van der Waals surface area contributed by atoms with E-state index in [0.29, 0.717) is 30.4 Å². The number of halogens is 2. The third-order valence-electron chi connectivity index (χ3n) is 5.45. The molecule has 4 nitrogen and oxygen atoms in total. The van der Waals surface area contributed by atoms with Crippen LogP contribution in [0.4, 0.5) is 8.78 Å². The van der Waals surface area contributed by atoms with Gasteiger partial charge in [-0.15, -0.1) is 0 Å². The van der Waals surface area contributed by atoms with Crippen molar-refractivity contribution in [2.24, 2.45) is 0 Å². The monoisotopic (exact) mass is 478 g/mol. The van der Waals surface area contributed by atoms with Crippen LogP contribution in [0.15, 0.2) is 36.7 Å². The molecule has 0 aliphatic rings. The number of nitrogens with zero attached hydrogens (tertiary/aromatic N) is 2. The molecule has 0 fully saturated rings. The van der Waals surface area contributed by atoms with E-state index in [1.165, 1.54) is 31.7 Å². The van der Waals surface area contributed by atoms with E-state index in [9.17, 15) is 8.78 Å². The van der Waals surface area contributed by atoms with E-state index in [4.69, 9.17) is 9.47 Å². The Hall–Kier alpha value is -2.02. The summed E-state index contributed by atoms with van der Waals surface area (Å²) in [7, 11) is -0.894. The van der Waals surface area contributed by atoms with Crippen molar-refractivity contribution in [3.8, 4) is 22.9 Å². The number of hydrogen-bond donors (Lipinski definition) is 0. The van der Waals surface area contributed by atoms with Crippen LogP contribution >= 0.6 is 0 Å². The molecular formula is C26H40F2N2O2Si. The van der Waals surface area contributed by atoms with Gasteiger partial charge in [-0.3, -0.25) is 0 Å². The summed E-state index contributed by atoms with van der Waals surface area (Å²) in [5.41, 5.74) is 0.818. The SMILES string of the molecule is CCC[C@@H](F)[C@H](F)COc1ccc(-c2ncc(OCCCCCCC[Si](C)(C)C)cn2)cc1. The first-order valence-electron chi connectivity index (χ1n) is 12.2. The molecule has 1 aromatic heterocycles. The highest BCUT2D eigenvalue weighted by molar-refractivity contribution is 6.76. The zero-order valence-corrected chi connectivity index (χ0v) is 21.7. The van der Waals surface area contributed by atoms with Gasteiger partial charge in [0.15, 0.2) is 17.7 Å². The molecule has 0 aliphatic carbocycles. The van der Waals surface area contributed by atoms with Crippen LogP contribution in [0.3, 0.4) is 0 Å². The lowest BCUT2D eigenvalue weighted by Gasteiger charge is -2.14. The van der Waals surface area contributed by atoms with Crippen LogP contribution in [0.5, 0.6) is 11.5 Å². The van der Waals surface area contributed by atoms with Gasteiger partial charge in [-0.25, -0.2) is 18.7 Å². The Balaban J connectivity index is 1.68. The maximum atomic E-state index is 13.7. The smallest absolute Gasteiger partial charge is 0.165 e. The highest BCUT2D eigenvalue weighted by atomic mass is 28.3. The lowest BCUT2D eigenvalue weighted by atomic mass is 10.1. The molecule has 2 aromatic rings. The molecule has 7 heteroatoms. The Morgan fingerprint density at radius 1 is 0.818 bits per heavy atom. The minimum atomic E-state index is -1.62. The van der Waals surface area contributed by atoms with E-state index in [1.54, 1.807) is 36.7 Å². The molecule has 2 rings (SSSR count). The largest absolute Gasteiger partial charge is 0.490 e. The third-order valence-corrected chi connectivity index (χ3v) is 7.30. The molecule has 1 aromatic carbocycles. The van der Waals surface area contributed by atoms with Gasteiger partial charge in [0, 0.05) is 13.6 Å². The predicted octanol–water partition coefficient (Wildman–Crippen LogP) is 7.67. The molecule has 0 saturated heterocycles. The standard InChI is InChI=1S/C26H40F2N2O2Si/c1-5-11-24(27)25(28)20-32-22-14-12-21(13-15-22)26-29-18-23(19-30-26)31-16-9-7-6-8-10-17-33(2,3)4/h12-15,18-19,24-25H,5-11,16-17,20H2,1-4H3/t24-,25-/m1/s1. The second-order valence-electron chi connectivity index (χ2n) is 9.83. The van der Waals surface area contributed by atoms with Crippen molar-refractivity contribution in [2.45, 2.75) is 89.9 Å². The number of ether oxygens (including phenoxy) is 2. The molecule has 0 aliphatic heterocycles. The first kappa shape index (κ1) is 27.2. The molecular weight excluding hydrogens is 438 g/mol. The summed E-state index contributed by atoms with van der Waals surface area (Å²) in [5.74, 6) is 1.73. The minimum Gasteiger partial charge on any atom is -0.490 e. The Bertz CT molecular complexity index is 782. The topological polar surface area (TPSA) is 44.2 Å². The Labute approximate surface area is 199 Å². The first-order chi connectivity index (χ1) is 15.8. The Morgan fingerprint density at radius 2 is 1.45 bits per heavy atom. The van der Waals surface area contributed by atoms with Crippen LogP contribution in [0.1, 0.15) is 51.9 Å². The van der Waals surface area contributed by atoms with E-state index in [1.807, 2.05) is 6.92 Å². The highest BCUT2D eigenvalue weighted by Gasteiger charge is 2.20. The van der Waals surface area contributed by atoms with Gasteiger partial charge < -0.3 is 9.47 Å². The van der Waals surface area contributed by atoms with E-state index in [2.05, 4.69) is 29.6 Å². The van der Waals surface area contributed by atoms with Gasteiger partial charge in [-0.05, 0) is 37.1 Å². The van der Waals surface area contributed by atoms with Crippen LogP contribution < -0.4 is 9.47 Å². The summed E-state index contributed by atoms with van der Waals surface area (Å²) in [6, 6.07) is 8.46. The van der Waals surface area contributed by atoms with E-state index in [-0.39, 0.29) is 13.0 Å². The fourth-order valence-corrected chi connectivity index (χ4v) is 4.77. The van der Waals surface area contributed by atoms with Gasteiger partial charge >= 0.3 is 0 Å². The normalized spacial score (nSPS) is 13.5. The summed E-state index contributed by atoms with van der Waals surface area (Å²) in [6.07, 6.45) is 7.25. The van der Waals surface area contributed by atoms with E-state index < -0.39 is 20.4 Å². The molecule has 1 heterocycles. The zero-order chi connectivity index (χ0) is 24.1. The summed E-state index contributed by atoms with van der Waals surface area (Å²) in [5, 5.41) is 0. The predicted molar refractivity (Wildman–Crippen MR) is 134 cm³/mol. The molecule has 184 valence electrons. The van der Waals surface area contributed by atoms with Gasteiger partial charge in [0.25, 0.3) is 0 Å². The van der Waals surface area contributed by atoms with Gasteiger partial charge in [0.2, 0.25) is 0 Å².